The summed E-state index contributed by atoms with van der Waals surface area (Å²) in [5, 5.41) is 10.8. The van der Waals surface area contributed by atoms with Crippen molar-refractivity contribution in [1.29, 1.82) is 0 Å². The van der Waals surface area contributed by atoms with Crippen LogP contribution in [0.3, 0.4) is 0 Å². The van der Waals surface area contributed by atoms with E-state index in [0.29, 0.717) is 40.1 Å². The van der Waals surface area contributed by atoms with E-state index in [4.69, 9.17) is 4.74 Å². The van der Waals surface area contributed by atoms with E-state index in [1.54, 1.807) is 41.1 Å². The average molecular weight is 493 g/mol. The Morgan fingerprint density at radius 2 is 1.88 bits per heavy atom. The van der Waals surface area contributed by atoms with Gasteiger partial charge >= 0.3 is 0 Å². The molecule has 0 saturated carbocycles. The lowest BCUT2D eigenvalue weighted by atomic mass is 10.1. The van der Waals surface area contributed by atoms with Gasteiger partial charge in [-0.1, -0.05) is 6.07 Å². The van der Waals surface area contributed by atoms with Crippen molar-refractivity contribution in [3.05, 3.63) is 78.5 Å². The summed E-state index contributed by atoms with van der Waals surface area (Å²) >= 11 is 4.42. The predicted octanol–water partition coefficient (Wildman–Crippen LogP) is 4.66. The fourth-order valence-electron chi connectivity index (χ4n) is 3.59. The number of ether oxygens (including phenoxy) is 1. The SMILES string of the molecule is CS(=O)(=O)c1ccc(Oc2cc3nc(-c4ccccn4)[nH]c3cc2Cn2c(O)ccc2S)cc1. The molecule has 5 rings (SSSR count). The molecule has 10 heteroatoms. The Kier molecular flexibility index (Phi) is 5.54. The van der Waals surface area contributed by atoms with Gasteiger partial charge in [-0.3, -0.25) is 4.98 Å². The number of aromatic nitrogens is 4. The molecule has 0 bridgehead atoms. The summed E-state index contributed by atoms with van der Waals surface area (Å²) in [5.41, 5.74) is 2.93. The van der Waals surface area contributed by atoms with Gasteiger partial charge in [0.2, 0.25) is 0 Å². The number of aromatic amines is 1. The molecule has 8 nitrogen and oxygen atoms in total. The Balaban J connectivity index is 1.58. The Morgan fingerprint density at radius 1 is 1.09 bits per heavy atom. The third kappa shape index (κ3) is 4.37. The lowest BCUT2D eigenvalue weighted by Gasteiger charge is -2.14. The van der Waals surface area contributed by atoms with Gasteiger partial charge in [-0.15, -0.1) is 12.6 Å². The summed E-state index contributed by atoms with van der Waals surface area (Å²) in [6.45, 7) is 0.294. The van der Waals surface area contributed by atoms with Crippen molar-refractivity contribution in [2.75, 3.05) is 6.26 Å². The summed E-state index contributed by atoms with van der Waals surface area (Å²) in [5.74, 6) is 1.68. The average Bonchev–Trinajstić information content (AvgIpc) is 3.37. The third-order valence-electron chi connectivity index (χ3n) is 5.31. The van der Waals surface area contributed by atoms with E-state index in [0.717, 1.165) is 17.3 Å². The Hall–Kier alpha value is -3.76. The van der Waals surface area contributed by atoms with Crippen LogP contribution in [-0.2, 0) is 16.4 Å². The third-order valence-corrected chi connectivity index (χ3v) is 6.83. The molecule has 0 saturated heterocycles. The number of hydrogen-bond acceptors (Lipinski definition) is 7. The molecule has 3 aromatic heterocycles. The maximum Gasteiger partial charge on any atom is 0.192 e. The second-order valence-electron chi connectivity index (χ2n) is 7.76. The molecule has 2 aromatic carbocycles. The van der Waals surface area contributed by atoms with Crippen molar-refractivity contribution in [1.82, 2.24) is 19.5 Å². The van der Waals surface area contributed by atoms with E-state index in [9.17, 15) is 13.5 Å². The largest absolute Gasteiger partial charge is 0.494 e. The maximum absolute atomic E-state index is 11.8. The summed E-state index contributed by atoms with van der Waals surface area (Å²) < 4.78 is 31.3. The highest BCUT2D eigenvalue weighted by molar-refractivity contribution is 7.90. The minimum Gasteiger partial charge on any atom is -0.494 e. The van der Waals surface area contributed by atoms with Crippen LogP contribution in [0.4, 0.5) is 0 Å². The van der Waals surface area contributed by atoms with Crippen molar-refractivity contribution in [2.24, 2.45) is 0 Å². The number of benzene rings is 2. The van der Waals surface area contributed by atoms with Crippen LogP contribution in [0.2, 0.25) is 0 Å². The zero-order chi connectivity index (χ0) is 23.9. The van der Waals surface area contributed by atoms with E-state index >= 15 is 0 Å². The highest BCUT2D eigenvalue weighted by Gasteiger charge is 2.16. The van der Waals surface area contributed by atoms with E-state index in [2.05, 4.69) is 27.6 Å². The smallest absolute Gasteiger partial charge is 0.192 e. The predicted molar refractivity (Wildman–Crippen MR) is 131 cm³/mol. The van der Waals surface area contributed by atoms with E-state index in [1.165, 1.54) is 12.1 Å². The molecule has 2 N–H and O–H groups in total. The van der Waals surface area contributed by atoms with Crippen LogP contribution in [0.1, 0.15) is 5.56 Å². The molecule has 172 valence electrons. The number of rotatable bonds is 6. The minimum atomic E-state index is -3.31. The van der Waals surface area contributed by atoms with Gasteiger partial charge in [0.25, 0.3) is 0 Å². The molecule has 0 aliphatic heterocycles. The Bertz CT molecular complexity index is 1570. The van der Waals surface area contributed by atoms with Crippen LogP contribution < -0.4 is 4.74 Å². The number of thiol groups is 1. The number of aromatic hydroxyl groups is 1. The molecule has 5 aromatic rings. The molecule has 0 unspecified atom stereocenters. The monoisotopic (exact) mass is 492 g/mol. The number of fused-ring (bicyclic) bond motifs is 1. The van der Waals surface area contributed by atoms with Gasteiger partial charge in [-0.25, -0.2) is 13.4 Å². The second kappa shape index (κ2) is 8.54. The highest BCUT2D eigenvalue weighted by atomic mass is 32.2. The molecular formula is C24H20N4O4S2. The lowest BCUT2D eigenvalue weighted by Crippen LogP contribution is -2.02. The molecule has 0 aliphatic rings. The number of hydrogen-bond donors (Lipinski definition) is 3. The van der Waals surface area contributed by atoms with Gasteiger partial charge < -0.3 is 19.4 Å². The van der Waals surface area contributed by atoms with Gasteiger partial charge in [0.05, 0.1) is 27.5 Å². The van der Waals surface area contributed by atoms with E-state index in [1.807, 2.05) is 24.3 Å². The quantitative estimate of drug-likeness (QED) is 0.297. The normalized spacial score (nSPS) is 11.7. The van der Waals surface area contributed by atoms with Crippen molar-refractivity contribution in [3.63, 3.8) is 0 Å². The van der Waals surface area contributed by atoms with E-state index < -0.39 is 9.84 Å². The van der Waals surface area contributed by atoms with Gasteiger partial charge in [0.1, 0.15) is 17.2 Å². The Labute approximate surface area is 201 Å². The van der Waals surface area contributed by atoms with Crippen LogP contribution in [0.25, 0.3) is 22.6 Å². The molecule has 0 fully saturated rings. The summed E-state index contributed by atoms with van der Waals surface area (Å²) in [6, 6.07) is 18.8. The maximum atomic E-state index is 11.8. The molecule has 0 radical (unpaired) electrons. The second-order valence-corrected chi connectivity index (χ2v) is 10.2. The number of pyridine rings is 1. The number of imidazole rings is 1. The first-order chi connectivity index (χ1) is 16.3. The highest BCUT2D eigenvalue weighted by Crippen LogP contribution is 2.33. The zero-order valence-electron chi connectivity index (χ0n) is 18.0. The van der Waals surface area contributed by atoms with Crippen LogP contribution >= 0.6 is 12.6 Å². The topological polar surface area (TPSA) is 110 Å². The molecule has 0 amide bonds. The van der Waals surface area contributed by atoms with Crippen LogP contribution in [0, 0.1) is 0 Å². The summed E-state index contributed by atoms with van der Waals surface area (Å²) in [7, 11) is -3.31. The zero-order valence-corrected chi connectivity index (χ0v) is 19.7. The summed E-state index contributed by atoms with van der Waals surface area (Å²) in [6.07, 6.45) is 2.86. The lowest BCUT2D eigenvalue weighted by molar-refractivity contribution is 0.413. The van der Waals surface area contributed by atoms with Gasteiger partial charge in [-0.2, -0.15) is 0 Å². The summed E-state index contributed by atoms with van der Waals surface area (Å²) in [4.78, 5) is 12.5. The standard InChI is InChI=1S/C24H20N4O4S2/c1-34(30,31)17-7-5-16(6-8-17)32-21-13-20-19(26-24(27-20)18-4-2-3-11-25-18)12-15(21)14-28-22(29)9-10-23(28)33/h2-13,29,33H,14H2,1H3,(H,26,27). The molecule has 0 aliphatic carbocycles. The molecule has 0 spiro atoms. The first-order valence-electron chi connectivity index (χ1n) is 10.3. The van der Waals surface area contributed by atoms with Gasteiger partial charge in [0, 0.05) is 30.1 Å². The van der Waals surface area contributed by atoms with Crippen molar-refractivity contribution in [2.45, 2.75) is 16.5 Å². The molecule has 34 heavy (non-hydrogen) atoms. The van der Waals surface area contributed by atoms with Gasteiger partial charge in [-0.05, 0) is 48.5 Å². The molecular weight excluding hydrogens is 472 g/mol. The Morgan fingerprint density at radius 3 is 2.53 bits per heavy atom. The molecule has 3 heterocycles. The number of sulfone groups is 1. The fourth-order valence-corrected chi connectivity index (χ4v) is 4.46. The van der Waals surface area contributed by atoms with Crippen molar-refractivity contribution < 1.29 is 18.3 Å². The number of nitrogens with one attached hydrogen (secondary N) is 1. The fraction of sp³-hybridized carbons (Fsp3) is 0.0833. The van der Waals surface area contributed by atoms with Crippen LogP contribution in [-0.4, -0.2) is 39.3 Å². The van der Waals surface area contributed by atoms with Crippen LogP contribution in [0.5, 0.6) is 17.4 Å². The van der Waals surface area contributed by atoms with Crippen LogP contribution in [0.15, 0.2) is 82.8 Å². The number of H-pyrrole nitrogens is 1. The van der Waals surface area contributed by atoms with Gasteiger partial charge in [0.15, 0.2) is 21.5 Å². The first-order valence-corrected chi connectivity index (χ1v) is 12.6. The van der Waals surface area contributed by atoms with E-state index in [-0.39, 0.29) is 10.8 Å². The minimum absolute atomic E-state index is 0.0762. The van der Waals surface area contributed by atoms with Crippen molar-refractivity contribution in [3.8, 4) is 28.9 Å². The number of nitrogens with zero attached hydrogens (tertiary/aromatic N) is 3. The molecule has 0 atom stereocenters. The first kappa shape index (κ1) is 22.1. The van der Waals surface area contributed by atoms with Crippen molar-refractivity contribution >= 4 is 33.5 Å².